The molecule has 0 bridgehead atoms. The van der Waals surface area contributed by atoms with Gasteiger partial charge in [0.1, 0.15) is 5.70 Å². The zero-order chi connectivity index (χ0) is 15.0. The van der Waals surface area contributed by atoms with Crippen molar-refractivity contribution in [2.75, 3.05) is 11.5 Å². The van der Waals surface area contributed by atoms with Crippen LogP contribution in [0.4, 0.5) is 0 Å². The van der Waals surface area contributed by atoms with E-state index in [0.717, 1.165) is 11.8 Å². The summed E-state index contributed by atoms with van der Waals surface area (Å²) in [6, 6.07) is 3.18. The summed E-state index contributed by atoms with van der Waals surface area (Å²) < 4.78 is 5.00. The van der Waals surface area contributed by atoms with Crippen LogP contribution in [0.1, 0.15) is 17.0 Å². The average molecular weight is 325 g/mol. The molecule has 6 nitrogen and oxygen atoms in total. The van der Waals surface area contributed by atoms with Crippen LogP contribution in [0, 0.1) is 0 Å². The van der Waals surface area contributed by atoms with Gasteiger partial charge in [-0.15, -0.1) is 11.8 Å². The van der Waals surface area contributed by atoms with Crippen LogP contribution >= 0.6 is 23.5 Å². The van der Waals surface area contributed by atoms with Gasteiger partial charge in [0.25, 0.3) is 5.12 Å². The lowest BCUT2D eigenvalue weighted by molar-refractivity contribution is -0.146. The molecule has 0 unspecified atom stereocenters. The van der Waals surface area contributed by atoms with Gasteiger partial charge in [-0.2, -0.15) is 0 Å². The molecule has 21 heavy (non-hydrogen) atoms. The minimum Gasteiger partial charge on any atom is -0.477 e. The molecule has 3 rings (SSSR count). The molecular formula is C13H11NO5S2. The molecule has 1 amide bonds. The van der Waals surface area contributed by atoms with Gasteiger partial charge in [-0.3, -0.25) is 14.5 Å². The van der Waals surface area contributed by atoms with Crippen molar-refractivity contribution in [2.24, 2.45) is 0 Å². The number of rotatable bonds is 4. The number of furan rings is 1. The van der Waals surface area contributed by atoms with E-state index in [2.05, 4.69) is 0 Å². The lowest BCUT2D eigenvalue weighted by Crippen LogP contribution is -2.54. The number of fused-ring (bicyclic) bond motifs is 1. The second kappa shape index (κ2) is 5.61. The third-order valence-electron chi connectivity index (χ3n) is 3.23. The predicted octanol–water partition coefficient (Wildman–Crippen LogP) is 1.80. The van der Waals surface area contributed by atoms with Gasteiger partial charge in [0.2, 0.25) is 5.91 Å². The maximum Gasteiger partial charge on any atom is 0.352 e. The van der Waals surface area contributed by atoms with Crippen LogP contribution < -0.4 is 0 Å². The Balaban J connectivity index is 1.76. The van der Waals surface area contributed by atoms with E-state index in [0.29, 0.717) is 17.7 Å². The molecule has 0 saturated carbocycles. The number of amides is 1. The molecule has 1 aromatic heterocycles. The molecule has 2 aliphatic rings. The number of carbonyl (C=O) groups excluding carboxylic acids is 2. The van der Waals surface area contributed by atoms with Gasteiger partial charge in [0.05, 0.1) is 18.1 Å². The number of aliphatic carboxylic acids is 1. The Kier molecular flexibility index (Phi) is 3.81. The molecule has 8 heteroatoms. The van der Waals surface area contributed by atoms with Gasteiger partial charge in [-0.05, 0) is 17.7 Å². The molecule has 0 aliphatic carbocycles. The van der Waals surface area contributed by atoms with Gasteiger partial charge in [0.15, 0.2) is 5.76 Å². The number of carboxylic acid groups (broad SMARTS) is 1. The fourth-order valence-corrected chi connectivity index (χ4v) is 4.40. The Morgan fingerprint density at radius 1 is 1.52 bits per heavy atom. The number of β-lactam (4-membered cyclic amide) rings is 1. The van der Waals surface area contributed by atoms with E-state index in [-0.39, 0.29) is 33.6 Å². The van der Waals surface area contributed by atoms with Crippen LogP contribution in [0.2, 0.25) is 0 Å². The lowest BCUT2D eigenvalue weighted by Gasteiger charge is -2.43. The van der Waals surface area contributed by atoms with Gasteiger partial charge >= 0.3 is 5.97 Å². The molecular weight excluding hydrogens is 314 g/mol. The summed E-state index contributed by atoms with van der Waals surface area (Å²) in [6.45, 7) is 0. The zero-order valence-electron chi connectivity index (χ0n) is 10.8. The minimum atomic E-state index is -1.12. The molecule has 1 fully saturated rings. The molecule has 1 aromatic rings. The van der Waals surface area contributed by atoms with E-state index in [1.165, 1.54) is 22.9 Å². The molecule has 0 spiro atoms. The second-order valence-electron chi connectivity index (χ2n) is 4.54. The first-order valence-corrected chi connectivity index (χ1v) is 8.21. The summed E-state index contributed by atoms with van der Waals surface area (Å²) in [5.74, 6) is -0.295. The van der Waals surface area contributed by atoms with Crippen LogP contribution in [0.3, 0.4) is 0 Å². The van der Waals surface area contributed by atoms with Crippen molar-refractivity contribution in [3.63, 3.8) is 0 Å². The van der Waals surface area contributed by atoms with E-state index in [9.17, 15) is 19.5 Å². The summed E-state index contributed by atoms with van der Waals surface area (Å²) in [5, 5.41) is 9.00. The molecule has 2 aliphatic heterocycles. The highest BCUT2D eigenvalue weighted by Crippen LogP contribution is 2.40. The lowest BCUT2D eigenvalue weighted by atomic mass is 10.1. The fraction of sp³-hybridized carbons (Fsp3) is 0.308. The molecule has 0 radical (unpaired) electrons. The number of nitrogens with zero attached hydrogens (tertiary/aromatic N) is 1. The first-order chi connectivity index (χ1) is 10.1. The molecule has 1 N–H and O–H groups in total. The molecule has 0 aromatic carbocycles. The van der Waals surface area contributed by atoms with Gasteiger partial charge in [-0.1, -0.05) is 11.8 Å². The van der Waals surface area contributed by atoms with Crippen molar-refractivity contribution in [1.82, 2.24) is 4.90 Å². The highest BCUT2D eigenvalue weighted by molar-refractivity contribution is 8.14. The highest BCUT2D eigenvalue weighted by atomic mass is 32.2. The van der Waals surface area contributed by atoms with Gasteiger partial charge in [0, 0.05) is 11.5 Å². The normalized spacial score (nSPS) is 21.0. The molecule has 110 valence electrons. The van der Waals surface area contributed by atoms with E-state index in [4.69, 9.17) is 4.42 Å². The van der Waals surface area contributed by atoms with Crippen LogP contribution in [0.15, 0.2) is 34.1 Å². The number of hydrogen-bond donors (Lipinski definition) is 1. The first-order valence-electron chi connectivity index (χ1n) is 6.17. The monoisotopic (exact) mass is 325 g/mol. The Labute approximate surface area is 128 Å². The van der Waals surface area contributed by atoms with Crippen LogP contribution in [0.5, 0.6) is 0 Å². The third-order valence-corrected chi connectivity index (χ3v) is 5.47. The zero-order valence-corrected chi connectivity index (χ0v) is 12.4. The Morgan fingerprint density at radius 3 is 2.95 bits per heavy atom. The molecule has 1 saturated heterocycles. The molecule has 1 atom stereocenters. The quantitative estimate of drug-likeness (QED) is 0.844. The Morgan fingerprint density at radius 2 is 2.33 bits per heavy atom. The van der Waals surface area contributed by atoms with E-state index >= 15 is 0 Å². The summed E-state index contributed by atoms with van der Waals surface area (Å²) in [7, 11) is 0. The Bertz CT molecular complexity index is 637. The summed E-state index contributed by atoms with van der Waals surface area (Å²) in [5.41, 5.74) is 0.636. The number of carbonyl (C=O) groups is 3. The summed E-state index contributed by atoms with van der Waals surface area (Å²) in [6.07, 6.45) is 1.79. The largest absolute Gasteiger partial charge is 0.477 e. The van der Waals surface area contributed by atoms with Crippen molar-refractivity contribution in [1.29, 1.82) is 0 Å². The third kappa shape index (κ3) is 2.60. The number of carboxylic acids is 1. The van der Waals surface area contributed by atoms with Crippen molar-refractivity contribution in [3.05, 3.63) is 35.4 Å². The van der Waals surface area contributed by atoms with Crippen LogP contribution in [-0.4, -0.2) is 43.9 Å². The van der Waals surface area contributed by atoms with Crippen LogP contribution in [0.25, 0.3) is 0 Å². The van der Waals surface area contributed by atoms with Crippen molar-refractivity contribution >= 4 is 40.5 Å². The van der Waals surface area contributed by atoms with Gasteiger partial charge in [-0.25, -0.2) is 4.79 Å². The SMILES string of the molecule is O=C(O)C1=C(CSC(=O)c2ccco2)CS[C@@H]2CC(=O)N12. The van der Waals surface area contributed by atoms with Crippen LogP contribution in [-0.2, 0) is 9.59 Å². The first kappa shape index (κ1) is 14.3. The highest BCUT2D eigenvalue weighted by Gasteiger charge is 2.45. The fourth-order valence-electron chi connectivity index (χ4n) is 2.21. The minimum absolute atomic E-state index is 0.0368. The topological polar surface area (TPSA) is 87.8 Å². The summed E-state index contributed by atoms with van der Waals surface area (Å²) in [4.78, 5) is 36.2. The van der Waals surface area contributed by atoms with Crippen molar-refractivity contribution < 1.29 is 23.9 Å². The van der Waals surface area contributed by atoms with E-state index < -0.39 is 5.97 Å². The maximum atomic E-state index is 11.9. The predicted molar refractivity (Wildman–Crippen MR) is 77.9 cm³/mol. The smallest absolute Gasteiger partial charge is 0.352 e. The maximum absolute atomic E-state index is 11.9. The van der Waals surface area contributed by atoms with E-state index in [1.54, 1.807) is 12.1 Å². The molecule has 3 heterocycles. The standard InChI is InChI=1S/C13H11NO5S2/c15-9-4-10-14(9)11(12(16)17)7(5-20-10)6-21-13(18)8-2-1-3-19-8/h1-3,10H,4-6H2,(H,16,17)/t10-/m1/s1. The number of thioether (sulfide) groups is 2. The Hall–Kier alpha value is -1.67. The average Bonchev–Trinajstić information content (AvgIpc) is 2.97. The van der Waals surface area contributed by atoms with Gasteiger partial charge < -0.3 is 9.52 Å². The second-order valence-corrected chi connectivity index (χ2v) is 6.66. The van der Waals surface area contributed by atoms with E-state index in [1.807, 2.05) is 0 Å². The number of hydrogen-bond acceptors (Lipinski definition) is 6. The van der Waals surface area contributed by atoms with Crippen molar-refractivity contribution in [2.45, 2.75) is 11.8 Å². The summed E-state index contributed by atoms with van der Waals surface area (Å²) >= 11 is 2.52. The van der Waals surface area contributed by atoms with Crippen molar-refractivity contribution in [3.8, 4) is 0 Å².